The van der Waals surface area contributed by atoms with Crippen LogP contribution in [0.3, 0.4) is 0 Å². The highest BCUT2D eigenvalue weighted by molar-refractivity contribution is 5.67. The minimum Gasteiger partial charge on any atom is -0.508 e. The molecule has 0 saturated carbocycles. The Balaban J connectivity index is 1.41. The van der Waals surface area contributed by atoms with Crippen LogP contribution in [0.2, 0.25) is 0 Å². The predicted octanol–water partition coefficient (Wildman–Crippen LogP) is 4.04. The molecule has 0 unspecified atom stereocenters. The first-order chi connectivity index (χ1) is 12.7. The van der Waals surface area contributed by atoms with Crippen molar-refractivity contribution in [2.24, 2.45) is 0 Å². The van der Waals surface area contributed by atoms with Gasteiger partial charge in [-0.25, -0.2) is 0 Å². The molecule has 0 spiro atoms. The van der Waals surface area contributed by atoms with Gasteiger partial charge in [0, 0.05) is 18.7 Å². The first kappa shape index (κ1) is 16.5. The molecule has 3 aromatic rings. The molecule has 1 aromatic heterocycles. The van der Waals surface area contributed by atoms with Gasteiger partial charge in [0.1, 0.15) is 5.75 Å². The third kappa shape index (κ3) is 3.68. The number of aromatic hydroxyl groups is 1. The lowest BCUT2D eigenvalue weighted by atomic mass is 9.99. The van der Waals surface area contributed by atoms with Gasteiger partial charge in [0.05, 0.1) is 6.54 Å². The van der Waals surface area contributed by atoms with Gasteiger partial charge in [-0.1, -0.05) is 47.1 Å². The van der Waals surface area contributed by atoms with E-state index in [-0.39, 0.29) is 0 Å². The Bertz CT molecular complexity index is 928. The zero-order valence-electron chi connectivity index (χ0n) is 14.7. The summed E-state index contributed by atoms with van der Waals surface area (Å²) >= 11 is 0. The van der Waals surface area contributed by atoms with E-state index in [1.807, 2.05) is 24.3 Å². The van der Waals surface area contributed by atoms with E-state index in [4.69, 9.17) is 4.52 Å². The van der Waals surface area contributed by atoms with Crippen LogP contribution in [0.15, 0.2) is 59.1 Å². The number of phenolic OH excluding ortho intramolecular Hbond substituents is 1. The smallest absolute Gasteiger partial charge is 0.241 e. The number of phenols is 1. The van der Waals surface area contributed by atoms with Crippen LogP contribution in [0.1, 0.15) is 23.4 Å². The Kier molecular flexibility index (Phi) is 4.54. The monoisotopic (exact) mass is 347 g/mol. The second kappa shape index (κ2) is 7.14. The molecule has 132 valence electrons. The maximum absolute atomic E-state index is 9.41. The average Bonchev–Trinajstić information content (AvgIpc) is 3.12. The van der Waals surface area contributed by atoms with Crippen molar-refractivity contribution >= 4 is 5.57 Å². The van der Waals surface area contributed by atoms with E-state index in [0.29, 0.717) is 24.0 Å². The standard InChI is InChI=1S/C21H21N3O2/c1-15-3-2-4-18(13-15)21-22-20(26-23-21)14-24-11-9-17(10-12-24)16-5-7-19(25)8-6-16/h2-9,13,25H,10-12,14H2,1H3. The minimum absolute atomic E-state index is 0.299. The quantitative estimate of drug-likeness (QED) is 0.772. The van der Waals surface area contributed by atoms with Crippen LogP contribution in [0.5, 0.6) is 5.75 Å². The van der Waals surface area contributed by atoms with Crippen molar-refractivity contribution in [3.05, 3.63) is 71.6 Å². The zero-order chi connectivity index (χ0) is 17.9. The van der Waals surface area contributed by atoms with Gasteiger partial charge < -0.3 is 9.63 Å². The molecule has 0 amide bonds. The second-order valence-corrected chi connectivity index (χ2v) is 6.64. The van der Waals surface area contributed by atoms with E-state index in [9.17, 15) is 5.11 Å². The van der Waals surface area contributed by atoms with Crippen molar-refractivity contribution in [1.82, 2.24) is 15.0 Å². The molecule has 0 radical (unpaired) electrons. The lowest BCUT2D eigenvalue weighted by Crippen LogP contribution is -2.28. The van der Waals surface area contributed by atoms with Gasteiger partial charge >= 0.3 is 0 Å². The molecule has 4 rings (SSSR count). The number of hydrogen-bond donors (Lipinski definition) is 1. The molecular formula is C21H21N3O2. The fourth-order valence-corrected chi connectivity index (χ4v) is 3.20. The third-order valence-electron chi connectivity index (χ3n) is 4.63. The Labute approximate surface area is 152 Å². The van der Waals surface area contributed by atoms with Crippen molar-refractivity contribution in [3.8, 4) is 17.1 Å². The van der Waals surface area contributed by atoms with Crippen LogP contribution in [-0.2, 0) is 6.54 Å². The summed E-state index contributed by atoms with van der Waals surface area (Å²) in [6.45, 7) is 4.49. The molecule has 0 bridgehead atoms. The van der Waals surface area contributed by atoms with Gasteiger partial charge in [0.25, 0.3) is 0 Å². The van der Waals surface area contributed by atoms with Crippen molar-refractivity contribution in [2.45, 2.75) is 19.9 Å². The Morgan fingerprint density at radius 3 is 2.69 bits per heavy atom. The number of nitrogens with zero attached hydrogens (tertiary/aromatic N) is 3. The van der Waals surface area contributed by atoms with Gasteiger partial charge in [-0.3, -0.25) is 4.90 Å². The molecular weight excluding hydrogens is 326 g/mol. The lowest BCUT2D eigenvalue weighted by Gasteiger charge is -2.25. The van der Waals surface area contributed by atoms with Gasteiger partial charge in [-0.15, -0.1) is 0 Å². The summed E-state index contributed by atoms with van der Waals surface area (Å²) in [5.41, 5.74) is 4.64. The zero-order valence-corrected chi connectivity index (χ0v) is 14.7. The summed E-state index contributed by atoms with van der Waals surface area (Å²) < 4.78 is 5.44. The molecule has 2 aromatic carbocycles. The summed E-state index contributed by atoms with van der Waals surface area (Å²) in [4.78, 5) is 6.82. The Hall–Kier alpha value is -2.92. The fourth-order valence-electron chi connectivity index (χ4n) is 3.20. The van der Waals surface area contributed by atoms with Crippen molar-refractivity contribution in [2.75, 3.05) is 13.1 Å². The summed E-state index contributed by atoms with van der Waals surface area (Å²) in [7, 11) is 0. The number of aryl methyl sites for hydroxylation is 1. The van der Waals surface area contributed by atoms with Crippen molar-refractivity contribution in [3.63, 3.8) is 0 Å². The third-order valence-corrected chi connectivity index (χ3v) is 4.63. The van der Waals surface area contributed by atoms with Gasteiger partial charge in [-0.2, -0.15) is 4.98 Å². The largest absolute Gasteiger partial charge is 0.508 e. The first-order valence-electron chi connectivity index (χ1n) is 8.78. The van der Waals surface area contributed by atoms with Crippen molar-refractivity contribution < 1.29 is 9.63 Å². The van der Waals surface area contributed by atoms with E-state index in [1.165, 1.54) is 16.7 Å². The molecule has 1 N–H and O–H groups in total. The topological polar surface area (TPSA) is 62.4 Å². The second-order valence-electron chi connectivity index (χ2n) is 6.64. The Morgan fingerprint density at radius 2 is 1.96 bits per heavy atom. The number of rotatable bonds is 4. The molecule has 5 heteroatoms. The van der Waals surface area contributed by atoms with Gasteiger partial charge in [0.15, 0.2) is 0 Å². The summed E-state index contributed by atoms with van der Waals surface area (Å²) in [5, 5.41) is 13.5. The van der Waals surface area contributed by atoms with Gasteiger partial charge in [0.2, 0.25) is 11.7 Å². The molecule has 1 aliphatic heterocycles. The molecule has 0 atom stereocenters. The Morgan fingerprint density at radius 1 is 1.12 bits per heavy atom. The van der Waals surface area contributed by atoms with E-state index < -0.39 is 0 Å². The molecule has 0 saturated heterocycles. The number of aromatic nitrogens is 2. The van der Waals surface area contributed by atoms with Crippen LogP contribution in [-0.4, -0.2) is 33.2 Å². The predicted molar refractivity (Wildman–Crippen MR) is 100 cm³/mol. The maximum atomic E-state index is 9.41. The van der Waals surface area contributed by atoms with Crippen LogP contribution in [0, 0.1) is 6.92 Å². The number of hydrogen-bond acceptors (Lipinski definition) is 5. The average molecular weight is 347 g/mol. The van der Waals surface area contributed by atoms with E-state index in [0.717, 1.165) is 25.1 Å². The van der Waals surface area contributed by atoms with Crippen LogP contribution >= 0.6 is 0 Å². The molecule has 0 fully saturated rings. The van der Waals surface area contributed by atoms with Crippen LogP contribution in [0.4, 0.5) is 0 Å². The molecule has 2 heterocycles. The highest BCUT2D eigenvalue weighted by Gasteiger charge is 2.17. The lowest BCUT2D eigenvalue weighted by molar-refractivity contribution is 0.245. The minimum atomic E-state index is 0.299. The number of benzene rings is 2. The summed E-state index contributed by atoms with van der Waals surface area (Å²) in [6.07, 6.45) is 3.19. The SMILES string of the molecule is Cc1cccc(-c2noc(CN3CC=C(c4ccc(O)cc4)CC3)n2)c1. The molecule has 5 nitrogen and oxygen atoms in total. The van der Waals surface area contributed by atoms with E-state index in [1.54, 1.807) is 12.1 Å². The normalized spacial score (nSPS) is 15.0. The first-order valence-corrected chi connectivity index (χ1v) is 8.78. The maximum Gasteiger partial charge on any atom is 0.241 e. The van der Waals surface area contributed by atoms with Crippen LogP contribution in [0.25, 0.3) is 17.0 Å². The fraction of sp³-hybridized carbons (Fsp3) is 0.238. The van der Waals surface area contributed by atoms with Gasteiger partial charge in [-0.05, 0) is 42.7 Å². The molecule has 26 heavy (non-hydrogen) atoms. The highest BCUT2D eigenvalue weighted by atomic mass is 16.5. The van der Waals surface area contributed by atoms with Crippen LogP contribution < -0.4 is 0 Å². The van der Waals surface area contributed by atoms with E-state index >= 15 is 0 Å². The highest BCUT2D eigenvalue weighted by Crippen LogP contribution is 2.25. The van der Waals surface area contributed by atoms with E-state index in [2.05, 4.69) is 40.2 Å². The summed E-state index contributed by atoms with van der Waals surface area (Å²) in [5.74, 6) is 1.58. The van der Waals surface area contributed by atoms with Crippen molar-refractivity contribution in [1.29, 1.82) is 0 Å². The summed E-state index contributed by atoms with van der Waals surface area (Å²) in [6, 6.07) is 15.5. The molecule has 0 aliphatic carbocycles. The molecule has 1 aliphatic rings.